The summed E-state index contributed by atoms with van der Waals surface area (Å²) in [5.41, 5.74) is 6.66. The summed E-state index contributed by atoms with van der Waals surface area (Å²) in [6, 6.07) is 0. The highest BCUT2D eigenvalue weighted by molar-refractivity contribution is 7.15. The molecule has 1 aliphatic rings. The minimum absolute atomic E-state index is 0.276. The van der Waals surface area contributed by atoms with Gasteiger partial charge < -0.3 is 10.6 Å². The zero-order valence-corrected chi connectivity index (χ0v) is 10.6. The van der Waals surface area contributed by atoms with Gasteiger partial charge in [0.25, 0.3) is 0 Å². The van der Waals surface area contributed by atoms with Crippen LogP contribution in [0, 0.1) is 25.2 Å². The van der Waals surface area contributed by atoms with Crippen LogP contribution in [0.3, 0.4) is 0 Å². The molecule has 0 unspecified atom stereocenters. The second-order valence-electron chi connectivity index (χ2n) is 4.35. The fourth-order valence-corrected chi connectivity index (χ4v) is 2.93. The molecular formula is C11H18N4S. The lowest BCUT2D eigenvalue weighted by atomic mass is 9.96. The van der Waals surface area contributed by atoms with Crippen molar-refractivity contribution in [3.05, 3.63) is 10.6 Å². The van der Waals surface area contributed by atoms with E-state index < -0.39 is 0 Å². The van der Waals surface area contributed by atoms with Gasteiger partial charge in [-0.2, -0.15) is 0 Å². The van der Waals surface area contributed by atoms with Crippen LogP contribution in [0.4, 0.5) is 5.13 Å². The summed E-state index contributed by atoms with van der Waals surface area (Å²) in [7, 11) is 0. The van der Waals surface area contributed by atoms with Crippen LogP contribution in [0.1, 0.15) is 23.4 Å². The van der Waals surface area contributed by atoms with Crippen LogP contribution >= 0.6 is 11.3 Å². The van der Waals surface area contributed by atoms with Crippen LogP contribution in [0.5, 0.6) is 0 Å². The van der Waals surface area contributed by atoms with Crippen molar-refractivity contribution < 1.29 is 0 Å². The first-order valence-corrected chi connectivity index (χ1v) is 6.42. The van der Waals surface area contributed by atoms with Crippen molar-refractivity contribution >= 4 is 22.3 Å². The van der Waals surface area contributed by atoms with Crippen molar-refractivity contribution in [1.82, 2.24) is 4.98 Å². The number of nitrogens with one attached hydrogen (secondary N) is 1. The Kier molecular flexibility index (Phi) is 3.14. The predicted octanol–water partition coefficient (Wildman–Crippen LogP) is 1.91. The number of aryl methyl sites for hydroxylation is 2. The third kappa shape index (κ3) is 2.19. The Hall–Kier alpha value is -1.10. The largest absolute Gasteiger partial charge is 0.387 e. The molecule has 5 heteroatoms. The molecule has 1 aromatic rings. The number of amidine groups is 1. The molecule has 88 valence electrons. The van der Waals surface area contributed by atoms with Crippen molar-refractivity contribution in [3.63, 3.8) is 0 Å². The number of nitrogens with two attached hydrogens (primary N) is 1. The van der Waals surface area contributed by atoms with E-state index in [0.29, 0.717) is 5.84 Å². The molecule has 4 nitrogen and oxygen atoms in total. The molecule has 0 saturated carbocycles. The fraction of sp³-hybridized carbons (Fsp3) is 0.636. The highest BCUT2D eigenvalue weighted by Gasteiger charge is 2.23. The molecule has 1 fully saturated rings. The third-order valence-electron chi connectivity index (χ3n) is 3.22. The van der Waals surface area contributed by atoms with Crippen molar-refractivity contribution in [3.8, 4) is 0 Å². The molecule has 0 radical (unpaired) electrons. The topological polar surface area (TPSA) is 66.0 Å². The average Bonchev–Trinajstić information content (AvgIpc) is 2.59. The lowest BCUT2D eigenvalue weighted by Crippen LogP contribution is -2.38. The summed E-state index contributed by atoms with van der Waals surface area (Å²) in [5, 5.41) is 8.57. The molecule has 1 saturated heterocycles. The van der Waals surface area contributed by atoms with Gasteiger partial charge in [-0.3, -0.25) is 5.41 Å². The molecule has 0 aromatic carbocycles. The smallest absolute Gasteiger partial charge is 0.185 e. The summed E-state index contributed by atoms with van der Waals surface area (Å²) >= 11 is 1.76. The predicted molar refractivity (Wildman–Crippen MR) is 68.4 cm³/mol. The Morgan fingerprint density at radius 1 is 1.44 bits per heavy atom. The molecule has 1 aromatic heterocycles. The minimum atomic E-state index is 0.276. The maximum absolute atomic E-state index is 7.44. The van der Waals surface area contributed by atoms with Gasteiger partial charge in [0, 0.05) is 23.9 Å². The third-order valence-corrected chi connectivity index (χ3v) is 4.36. The molecule has 1 aliphatic heterocycles. The van der Waals surface area contributed by atoms with Crippen molar-refractivity contribution in [1.29, 1.82) is 5.41 Å². The SMILES string of the molecule is Cc1nc(N2CCC(C(=N)N)CC2)sc1C. The first-order valence-electron chi connectivity index (χ1n) is 5.61. The van der Waals surface area contributed by atoms with Crippen LogP contribution < -0.4 is 10.6 Å². The zero-order chi connectivity index (χ0) is 11.7. The normalized spacial score (nSPS) is 17.8. The number of aromatic nitrogens is 1. The van der Waals surface area contributed by atoms with Crippen LogP contribution in [-0.4, -0.2) is 23.9 Å². The van der Waals surface area contributed by atoms with Gasteiger partial charge in [0.05, 0.1) is 11.5 Å². The van der Waals surface area contributed by atoms with Crippen molar-refractivity contribution in [2.75, 3.05) is 18.0 Å². The lowest BCUT2D eigenvalue weighted by Gasteiger charge is -2.31. The van der Waals surface area contributed by atoms with E-state index in [0.717, 1.165) is 36.8 Å². The Bertz CT molecular complexity index is 371. The number of hydrogen-bond acceptors (Lipinski definition) is 4. The lowest BCUT2D eigenvalue weighted by molar-refractivity contribution is 0.497. The van der Waals surface area contributed by atoms with Crippen LogP contribution in [0.2, 0.25) is 0 Å². The van der Waals surface area contributed by atoms with Gasteiger partial charge in [-0.05, 0) is 26.7 Å². The minimum Gasteiger partial charge on any atom is -0.387 e. The Labute approximate surface area is 100.0 Å². The number of anilines is 1. The quantitative estimate of drug-likeness (QED) is 0.611. The number of rotatable bonds is 2. The maximum Gasteiger partial charge on any atom is 0.185 e. The van der Waals surface area contributed by atoms with Gasteiger partial charge in [0.2, 0.25) is 0 Å². The summed E-state index contributed by atoms with van der Waals surface area (Å²) in [6.07, 6.45) is 1.96. The summed E-state index contributed by atoms with van der Waals surface area (Å²) in [5.74, 6) is 0.615. The molecule has 3 N–H and O–H groups in total. The number of hydrogen-bond donors (Lipinski definition) is 2. The van der Waals surface area contributed by atoms with E-state index in [1.807, 2.05) is 0 Å². The van der Waals surface area contributed by atoms with E-state index in [9.17, 15) is 0 Å². The average molecular weight is 238 g/mol. The highest BCUT2D eigenvalue weighted by atomic mass is 32.1. The Balaban J connectivity index is 2.01. The van der Waals surface area contributed by atoms with E-state index in [-0.39, 0.29) is 5.92 Å². The Morgan fingerprint density at radius 3 is 2.50 bits per heavy atom. The molecular weight excluding hydrogens is 220 g/mol. The van der Waals surface area contributed by atoms with E-state index in [4.69, 9.17) is 11.1 Å². The van der Waals surface area contributed by atoms with Crippen LogP contribution in [0.25, 0.3) is 0 Å². The van der Waals surface area contributed by atoms with Gasteiger partial charge in [-0.25, -0.2) is 4.98 Å². The first-order chi connectivity index (χ1) is 7.58. The van der Waals surface area contributed by atoms with Gasteiger partial charge in [-0.1, -0.05) is 0 Å². The van der Waals surface area contributed by atoms with E-state index >= 15 is 0 Å². The molecule has 0 amide bonds. The van der Waals surface area contributed by atoms with Gasteiger partial charge in [0.15, 0.2) is 5.13 Å². The van der Waals surface area contributed by atoms with Crippen molar-refractivity contribution in [2.45, 2.75) is 26.7 Å². The molecule has 0 bridgehead atoms. The summed E-state index contributed by atoms with van der Waals surface area (Å²) in [6.45, 7) is 6.10. The molecule has 0 spiro atoms. The molecule has 0 atom stereocenters. The Morgan fingerprint density at radius 2 is 2.06 bits per heavy atom. The molecule has 16 heavy (non-hydrogen) atoms. The molecule has 2 rings (SSSR count). The van der Waals surface area contributed by atoms with Crippen LogP contribution in [-0.2, 0) is 0 Å². The zero-order valence-electron chi connectivity index (χ0n) is 9.79. The number of thiazole rings is 1. The first kappa shape index (κ1) is 11.4. The second kappa shape index (κ2) is 4.41. The second-order valence-corrected chi connectivity index (χ2v) is 5.54. The maximum atomic E-state index is 7.44. The standard InChI is InChI=1S/C11H18N4S/c1-7-8(2)16-11(14-7)15-5-3-9(4-6-15)10(12)13/h9H,3-6H2,1-2H3,(H3,12,13). The number of piperidine rings is 1. The van der Waals surface area contributed by atoms with Crippen molar-refractivity contribution in [2.24, 2.45) is 11.7 Å². The van der Waals surface area contributed by atoms with E-state index in [1.165, 1.54) is 4.88 Å². The van der Waals surface area contributed by atoms with E-state index in [2.05, 4.69) is 23.7 Å². The summed E-state index contributed by atoms with van der Waals surface area (Å²) in [4.78, 5) is 8.17. The van der Waals surface area contributed by atoms with Gasteiger partial charge in [-0.15, -0.1) is 11.3 Å². The summed E-state index contributed by atoms with van der Waals surface area (Å²) < 4.78 is 0. The van der Waals surface area contributed by atoms with Gasteiger partial charge in [0.1, 0.15) is 0 Å². The van der Waals surface area contributed by atoms with E-state index in [1.54, 1.807) is 11.3 Å². The molecule has 2 heterocycles. The van der Waals surface area contributed by atoms with Gasteiger partial charge >= 0.3 is 0 Å². The van der Waals surface area contributed by atoms with Crippen LogP contribution in [0.15, 0.2) is 0 Å². The number of nitrogens with zero attached hydrogens (tertiary/aromatic N) is 2. The molecule has 0 aliphatic carbocycles. The fourth-order valence-electron chi connectivity index (χ4n) is 1.97. The monoisotopic (exact) mass is 238 g/mol. The highest BCUT2D eigenvalue weighted by Crippen LogP contribution is 2.28.